The van der Waals surface area contributed by atoms with Gasteiger partial charge in [0.1, 0.15) is 0 Å². The topological polar surface area (TPSA) is 37.0 Å². The van der Waals surface area contributed by atoms with Crippen molar-refractivity contribution in [3.8, 4) is 0 Å². The van der Waals surface area contributed by atoms with Gasteiger partial charge in [-0.25, -0.2) is 0 Å². The van der Waals surface area contributed by atoms with Crippen molar-refractivity contribution < 1.29 is 0 Å². The number of nitrogens with one attached hydrogen (secondary N) is 2. The SMILES string of the molecule is CCNCC(C)NCc1cccc2ncccc12. The van der Waals surface area contributed by atoms with Crippen LogP contribution >= 0.6 is 0 Å². The predicted octanol–water partition coefficient (Wildman–Crippen LogP) is 2.32. The lowest BCUT2D eigenvalue weighted by atomic mass is 10.1. The van der Waals surface area contributed by atoms with E-state index in [1.54, 1.807) is 0 Å². The summed E-state index contributed by atoms with van der Waals surface area (Å²) in [5.74, 6) is 0. The molecule has 0 aliphatic heterocycles. The Morgan fingerprint density at radius 2 is 2.11 bits per heavy atom. The fraction of sp³-hybridized carbons (Fsp3) is 0.400. The zero-order chi connectivity index (χ0) is 12.8. The molecule has 1 aromatic carbocycles. The van der Waals surface area contributed by atoms with Crippen LogP contribution in [0.1, 0.15) is 19.4 Å². The van der Waals surface area contributed by atoms with Crippen LogP contribution < -0.4 is 10.6 Å². The second-order valence-corrected chi connectivity index (χ2v) is 4.58. The lowest BCUT2D eigenvalue weighted by molar-refractivity contribution is 0.510. The molecule has 1 heterocycles. The molecule has 2 N–H and O–H groups in total. The third-order valence-corrected chi connectivity index (χ3v) is 3.08. The van der Waals surface area contributed by atoms with Crippen LogP contribution in [0.3, 0.4) is 0 Å². The third kappa shape index (κ3) is 3.28. The van der Waals surface area contributed by atoms with Crippen molar-refractivity contribution in [2.24, 2.45) is 0 Å². The van der Waals surface area contributed by atoms with E-state index in [0.717, 1.165) is 25.2 Å². The average Bonchev–Trinajstić information content (AvgIpc) is 2.42. The van der Waals surface area contributed by atoms with Crippen LogP contribution in [0.25, 0.3) is 10.9 Å². The molecular formula is C15H21N3. The third-order valence-electron chi connectivity index (χ3n) is 3.08. The zero-order valence-corrected chi connectivity index (χ0v) is 11.1. The summed E-state index contributed by atoms with van der Waals surface area (Å²) in [7, 11) is 0. The first-order chi connectivity index (χ1) is 8.81. The molecule has 3 heteroatoms. The van der Waals surface area contributed by atoms with E-state index in [0.29, 0.717) is 6.04 Å². The Bertz CT molecular complexity index is 491. The molecule has 18 heavy (non-hydrogen) atoms. The molecule has 0 bridgehead atoms. The quantitative estimate of drug-likeness (QED) is 0.817. The molecule has 3 nitrogen and oxygen atoms in total. The number of pyridine rings is 1. The van der Waals surface area contributed by atoms with E-state index in [4.69, 9.17) is 0 Å². The van der Waals surface area contributed by atoms with Gasteiger partial charge in [-0.05, 0) is 31.2 Å². The first-order valence-electron chi connectivity index (χ1n) is 6.58. The van der Waals surface area contributed by atoms with Crippen molar-refractivity contribution in [3.05, 3.63) is 42.1 Å². The average molecular weight is 243 g/mol. The molecule has 0 saturated heterocycles. The van der Waals surface area contributed by atoms with E-state index in [1.807, 2.05) is 12.3 Å². The highest BCUT2D eigenvalue weighted by Gasteiger charge is 2.03. The van der Waals surface area contributed by atoms with Gasteiger partial charge in [0.25, 0.3) is 0 Å². The van der Waals surface area contributed by atoms with Gasteiger partial charge in [0.2, 0.25) is 0 Å². The molecule has 0 fully saturated rings. The van der Waals surface area contributed by atoms with Gasteiger partial charge in [-0.3, -0.25) is 4.98 Å². The molecular weight excluding hydrogens is 222 g/mol. The van der Waals surface area contributed by atoms with E-state index < -0.39 is 0 Å². The molecule has 96 valence electrons. The van der Waals surface area contributed by atoms with Gasteiger partial charge in [0.15, 0.2) is 0 Å². The van der Waals surface area contributed by atoms with Crippen molar-refractivity contribution in [2.75, 3.05) is 13.1 Å². The Morgan fingerprint density at radius 1 is 1.22 bits per heavy atom. The molecule has 1 unspecified atom stereocenters. The van der Waals surface area contributed by atoms with Gasteiger partial charge < -0.3 is 10.6 Å². The Labute approximate surface area is 109 Å². The summed E-state index contributed by atoms with van der Waals surface area (Å²) in [6, 6.07) is 10.9. The van der Waals surface area contributed by atoms with Crippen molar-refractivity contribution in [2.45, 2.75) is 26.4 Å². The van der Waals surface area contributed by atoms with Gasteiger partial charge in [0.05, 0.1) is 5.52 Å². The van der Waals surface area contributed by atoms with Crippen LogP contribution in [-0.2, 0) is 6.54 Å². The minimum Gasteiger partial charge on any atom is -0.315 e. The van der Waals surface area contributed by atoms with Gasteiger partial charge >= 0.3 is 0 Å². The van der Waals surface area contributed by atoms with Crippen LogP contribution in [0.5, 0.6) is 0 Å². The Hall–Kier alpha value is -1.45. The van der Waals surface area contributed by atoms with E-state index in [1.165, 1.54) is 10.9 Å². The number of nitrogens with zero attached hydrogens (tertiary/aromatic N) is 1. The van der Waals surface area contributed by atoms with Crippen LogP contribution in [0, 0.1) is 0 Å². The molecule has 1 atom stereocenters. The number of benzene rings is 1. The van der Waals surface area contributed by atoms with Crippen LogP contribution in [0.15, 0.2) is 36.5 Å². The van der Waals surface area contributed by atoms with Crippen molar-refractivity contribution in [1.29, 1.82) is 0 Å². The number of hydrogen-bond donors (Lipinski definition) is 2. The van der Waals surface area contributed by atoms with Crippen molar-refractivity contribution in [3.63, 3.8) is 0 Å². The number of likely N-dealkylation sites (N-methyl/N-ethyl adjacent to an activating group) is 1. The molecule has 0 aliphatic rings. The minimum absolute atomic E-state index is 0.469. The lowest BCUT2D eigenvalue weighted by Gasteiger charge is -2.15. The van der Waals surface area contributed by atoms with Crippen LogP contribution in [0.4, 0.5) is 0 Å². The maximum absolute atomic E-state index is 4.38. The van der Waals surface area contributed by atoms with Gasteiger partial charge in [-0.2, -0.15) is 0 Å². The molecule has 0 spiro atoms. The maximum atomic E-state index is 4.38. The standard InChI is InChI=1S/C15H21N3/c1-3-16-10-12(2)18-11-13-6-4-8-15-14(13)7-5-9-17-15/h4-9,12,16,18H,3,10-11H2,1-2H3. The Balaban J connectivity index is 2.03. The highest BCUT2D eigenvalue weighted by atomic mass is 15.0. The molecule has 0 saturated carbocycles. The molecule has 0 amide bonds. The Morgan fingerprint density at radius 3 is 2.94 bits per heavy atom. The number of fused-ring (bicyclic) bond motifs is 1. The van der Waals surface area contributed by atoms with Crippen molar-refractivity contribution >= 4 is 10.9 Å². The van der Waals surface area contributed by atoms with Gasteiger partial charge in [0, 0.05) is 30.7 Å². The lowest BCUT2D eigenvalue weighted by Crippen LogP contribution is -2.35. The monoisotopic (exact) mass is 243 g/mol. The van der Waals surface area contributed by atoms with E-state index in [9.17, 15) is 0 Å². The summed E-state index contributed by atoms with van der Waals surface area (Å²) in [5, 5.41) is 8.12. The first-order valence-corrected chi connectivity index (χ1v) is 6.58. The Kier molecular flexibility index (Phi) is 4.67. The minimum atomic E-state index is 0.469. The van der Waals surface area contributed by atoms with Gasteiger partial charge in [-0.15, -0.1) is 0 Å². The molecule has 0 radical (unpaired) electrons. The van der Waals surface area contributed by atoms with Crippen LogP contribution in [0.2, 0.25) is 0 Å². The summed E-state index contributed by atoms with van der Waals surface area (Å²) in [6.07, 6.45) is 1.84. The zero-order valence-electron chi connectivity index (χ0n) is 11.1. The molecule has 1 aromatic heterocycles. The fourth-order valence-corrected chi connectivity index (χ4v) is 2.04. The molecule has 2 aromatic rings. The number of hydrogen-bond acceptors (Lipinski definition) is 3. The number of aromatic nitrogens is 1. The van der Waals surface area contributed by atoms with Crippen LogP contribution in [-0.4, -0.2) is 24.1 Å². The molecule has 2 rings (SSSR count). The summed E-state index contributed by atoms with van der Waals surface area (Å²) in [4.78, 5) is 4.38. The summed E-state index contributed by atoms with van der Waals surface area (Å²) < 4.78 is 0. The normalized spacial score (nSPS) is 12.8. The van der Waals surface area contributed by atoms with E-state index in [-0.39, 0.29) is 0 Å². The smallest absolute Gasteiger partial charge is 0.0705 e. The summed E-state index contributed by atoms with van der Waals surface area (Å²) in [5.41, 5.74) is 2.38. The summed E-state index contributed by atoms with van der Waals surface area (Å²) >= 11 is 0. The highest BCUT2D eigenvalue weighted by Crippen LogP contribution is 2.16. The van der Waals surface area contributed by atoms with Gasteiger partial charge in [-0.1, -0.05) is 25.1 Å². The van der Waals surface area contributed by atoms with Crippen molar-refractivity contribution in [1.82, 2.24) is 15.6 Å². The van der Waals surface area contributed by atoms with E-state index >= 15 is 0 Å². The number of rotatable bonds is 6. The molecule has 0 aliphatic carbocycles. The predicted molar refractivity (Wildman–Crippen MR) is 76.6 cm³/mol. The first kappa shape index (κ1) is 13.0. The maximum Gasteiger partial charge on any atom is 0.0705 e. The second kappa shape index (κ2) is 6.47. The van der Waals surface area contributed by atoms with E-state index in [2.05, 4.69) is 53.7 Å². The fourth-order valence-electron chi connectivity index (χ4n) is 2.04. The highest BCUT2D eigenvalue weighted by molar-refractivity contribution is 5.81. The summed E-state index contributed by atoms with van der Waals surface area (Å²) in [6.45, 7) is 7.23. The largest absolute Gasteiger partial charge is 0.315 e. The second-order valence-electron chi connectivity index (χ2n) is 4.58.